The van der Waals surface area contributed by atoms with Crippen LogP contribution < -0.4 is 5.32 Å². The third-order valence-electron chi connectivity index (χ3n) is 7.72. The maximum Gasteiger partial charge on any atom is 0.411 e. The van der Waals surface area contributed by atoms with Gasteiger partial charge in [-0.2, -0.15) is 0 Å². The summed E-state index contributed by atoms with van der Waals surface area (Å²) in [6.07, 6.45) is 5.61. The molecular weight excluding hydrogens is 476 g/mol. The van der Waals surface area contributed by atoms with Gasteiger partial charge in [-0.1, -0.05) is 73.6 Å². The number of aliphatic hydroxyl groups is 1. The zero-order chi connectivity index (χ0) is 27.4. The molecule has 38 heavy (non-hydrogen) atoms. The Morgan fingerprint density at radius 1 is 1.08 bits per heavy atom. The third kappa shape index (κ3) is 6.57. The van der Waals surface area contributed by atoms with Gasteiger partial charge in [0.2, 0.25) is 5.91 Å². The first kappa shape index (κ1) is 27.7. The Morgan fingerprint density at radius 2 is 1.74 bits per heavy atom. The molecule has 6 heteroatoms. The molecule has 4 rings (SSSR count). The number of nitrogens with one attached hydrogen (secondary N) is 1. The fourth-order valence-electron chi connectivity index (χ4n) is 5.88. The SMILES string of the molecule is CC(=O)NC1(C#Cc2ccc([C@H](C)N3CCC(CC(C)(C)O)(c4ccccc4)OC3=O)cc2)CCCCC1. The molecule has 2 aliphatic rings. The number of hydrogen-bond donors (Lipinski definition) is 2. The first-order valence-electron chi connectivity index (χ1n) is 13.7. The van der Waals surface area contributed by atoms with Gasteiger partial charge in [0, 0.05) is 31.9 Å². The Balaban J connectivity index is 1.48. The lowest BCUT2D eigenvalue weighted by atomic mass is 9.80. The topological polar surface area (TPSA) is 78.9 Å². The Bertz CT molecular complexity index is 1180. The molecular formula is C32H40N2O4. The molecule has 1 aliphatic carbocycles. The van der Waals surface area contributed by atoms with Crippen molar-refractivity contribution in [2.75, 3.05) is 6.54 Å². The number of nitrogens with zero attached hydrogens (tertiary/aromatic N) is 1. The van der Waals surface area contributed by atoms with E-state index in [0.29, 0.717) is 19.4 Å². The van der Waals surface area contributed by atoms with Crippen LogP contribution in [0.2, 0.25) is 0 Å². The van der Waals surface area contributed by atoms with E-state index in [-0.39, 0.29) is 18.0 Å². The smallest absolute Gasteiger partial charge is 0.411 e. The number of rotatable bonds is 6. The molecule has 1 saturated heterocycles. The summed E-state index contributed by atoms with van der Waals surface area (Å²) in [5.74, 6) is 6.59. The van der Waals surface area contributed by atoms with E-state index in [9.17, 15) is 14.7 Å². The van der Waals surface area contributed by atoms with Gasteiger partial charge in [0.25, 0.3) is 0 Å². The summed E-state index contributed by atoms with van der Waals surface area (Å²) < 4.78 is 6.13. The monoisotopic (exact) mass is 516 g/mol. The number of amides is 2. The molecule has 1 aliphatic heterocycles. The zero-order valence-electron chi connectivity index (χ0n) is 23.0. The Kier molecular flexibility index (Phi) is 8.18. The quantitative estimate of drug-likeness (QED) is 0.473. The van der Waals surface area contributed by atoms with Crippen molar-refractivity contribution in [2.45, 2.75) is 95.4 Å². The molecule has 0 spiro atoms. The lowest BCUT2D eigenvalue weighted by molar-refractivity contribution is -0.120. The Hall–Kier alpha value is -3.30. The van der Waals surface area contributed by atoms with E-state index in [0.717, 1.165) is 42.4 Å². The second-order valence-corrected chi connectivity index (χ2v) is 11.5. The number of hydrogen-bond acceptors (Lipinski definition) is 4. The second-order valence-electron chi connectivity index (χ2n) is 11.5. The molecule has 1 heterocycles. The third-order valence-corrected chi connectivity index (χ3v) is 7.72. The summed E-state index contributed by atoms with van der Waals surface area (Å²) in [5, 5.41) is 13.7. The summed E-state index contributed by atoms with van der Waals surface area (Å²) >= 11 is 0. The van der Waals surface area contributed by atoms with Crippen molar-refractivity contribution in [3.63, 3.8) is 0 Å². The first-order chi connectivity index (χ1) is 18.0. The first-order valence-corrected chi connectivity index (χ1v) is 13.7. The molecule has 0 radical (unpaired) electrons. The predicted molar refractivity (Wildman–Crippen MR) is 148 cm³/mol. The van der Waals surface area contributed by atoms with Crippen LogP contribution in [-0.4, -0.2) is 39.7 Å². The molecule has 2 amide bonds. The number of carbonyl (C=O) groups is 2. The van der Waals surface area contributed by atoms with Gasteiger partial charge in [-0.25, -0.2) is 4.79 Å². The highest BCUT2D eigenvalue weighted by Crippen LogP contribution is 2.42. The van der Waals surface area contributed by atoms with Crippen LogP contribution in [0.5, 0.6) is 0 Å². The fourth-order valence-corrected chi connectivity index (χ4v) is 5.88. The van der Waals surface area contributed by atoms with Gasteiger partial charge in [-0.05, 0) is 56.9 Å². The molecule has 1 unspecified atom stereocenters. The summed E-state index contributed by atoms with van der Waals surface area (Å²) in [4.78, 5) is 26.8. The van der Waals surface area contributed by atoms with Crippen LogP contribution in [0.15, 0.2) is 54.6 Å². The van der Waals surface area contributed by atoms with E-state index in [1.165, 1.54) is 6.42 Å². The van der Waals surface area contributed by atoms with Crippen molar-refractivity contribution < 1.29 is 19.4 Å². The van der Waals surface area contributed by atoms with Crippen molar-refractivity contribution in [3.05, 3.63) is 71.3 Å². The van der Waals surface area contributed by atoms with Crippen LogP contribution in [0.1, 0.15) is 95.4 Å². The Morgan fingerprint density at radius 3 is 2.32 bits per heavy atom. The number of carbonyl (C=O) groups excluding carboxylic acids is 2. The molecule has 0 aromatic heterocycles. The summed E-state index contributed by atoms with van der Waals surface area (Å²) in [7, 11) is 0. The molecule has 2 aromatic carbocycles. The highest BCUT2D eigenvalue weighted by atomic mass is 16.6. The Labute approximate surface area is 226 Å². The van der Waals surface area contributed by atoms with Crippen molar-refractivity contribution in [1.82, 2.24) is 10.2 Å². The van der Waals surface area contributed by atoms with Crippen LogP contribution in [0.4, 0.5) is 4.79 Å². The summed E-state index contributed by atoms with van der Waals surface area (Å²) in [5.41, 5.74) is 0.483. The van der Waals surface area contributed by atoms with Gasteiger partial charge < -0.3 is 20.1 Å². The van der Waals surface area contributed by atoms with Crippen LogP contribution >= 0.6 is 0 Å². The maximum atomic E-state index is 13.3. The van der Waals surface area contributed by atoms with E-state index >= 15 is 0 Å². The van der Waals surface area contributed by atoms with Gasteiger partial charge >= 0.3 is 6.09 Å². The van der Waals surface area contributed by atoms with E-state index < -0.39 is 16.7 Å². The average molecular weight is 517 g/mol. The van der Waals surface area contributed by atoms with Gasteiger partial charge in [-0.15, -0.1) is 0 Å². The van der Waals surface area contributed by atoms with Crippen molar-refractivity contribution in [1.29, 1.82) is 0 Å². The molecule has 1 saturated carbocycles. The molecule has 2 atom stereocenters. The maximum absolute atomic E-state index is 13.3. The van der Waals surface area contributed by atoms with Crippen molar-refractivity contribution >= 4 is 12.0 Å². The largest absolute Gasteiger partial charge is 0.438 e. The molecule has 6 nitrogen and oxygen atoms in total. The number of cyclic esters (lactones) is 1. The number of benzene rings is 2. The van der Waals surface area contributed by atoms with E-state index in [2.05, 4.69) is 17.2 Å². The predicted octanol–water partition coefficient (Wildman–Crippen LogP) is 5.84. The van der Waals surface area contributed by atoms with Crippen LogP contribution in [0.3, 0.4) is 0 Å². The average Bonchev–Trinajstić information content (AvgIpc) is 2.87. The van der Waals surface area contributed by atoms with E-state index in [1.807, 2.05) is 61.5 Å². The minimum absolute atomic E-state index is 0.0439. The molecule has 0 bridgehead atoms. The lowest BCUT2D eigenvalue weighted by Crippen LogP contribution is -2.51. The fraction of sp³-hybridized carbons (Fsp3) is 0.500. The molecule has 2 aromatic rings. The zero-order valence-corrected chi connectivity index (χ0v) is 23.0. The van der Waals surface area contributed by atoms with Crippen LogP contribution in [-0.2, 0) is 15.1 Å². The van der Waals surface area contributed by atoms with Crippen LogP contribution in [0.25, 0.3) is 0 Å². The van der Waals surface area contributed by atoms with Crippen molar-refractivity contribution in [2.24, 2.45) is 0 Å². The van der Waals surface area contributed by atoms with Gasteiger partial charge in [0.1, 0.15) is 11.1 Å². The van der Waals surface area contributed by atoms with Gasteiger partial charge in [-0.3, -0.25) is 4.79 Å². The second kappa shape index (κ2) is 11.2. The molecule has 202 valence electrons. The van der Waals surface area contributed by atoms with E-state index in [4.69, 9.17) is 4.74 Å². The van der Waals surface area contributed by atoms with Crippen molar-refractivity contribution in [3.8, 4) is 11.8 Å². The standard InChI is InChI=1S/C32H40N2O4/c1-24(27-15-13-26(14-16-27)17-20-31(33-25(2)35)18-9-6-10-19-31)34-22-21-32(38-29(34)36,23-30(3,4)37)28-11-7-5-8-12-28/h5,7-8,11-16,24,37H,6,9-10,18-19,21-23H2,1-4H3,(H,33,35)/t24-,32?/m0/s1. The summed E-state index contributed by atoms with van der Waals surface area (Å²) in [6, 6.07) is 17.5. The lowest BCUT2D eigenvalue weighted by Gasteiger charge is -2.45. The highest BCUT2D eigenvalue weighted by molar-refractivity contribution is 5.74. The minimum Gasteiger partial charge on any atom is -0.438 e. The van der Waals surface area contributed by atoms with Gasteiger partial charge in [0.05, 0.1) is 11.6 Å². The van der Waals surface area contributed by atoms with Gasteiger partial charge in [0.15, 0.2) is 0 Å². The minimum atomic E-state index is -0.989. The molecule has 2 fully saturated rings. The normalized spacial score (nSPS) is 22.0. The number of ether oxygens (including phenoxy) is 1. The summed E-state index contributed by atoms with van der Waals surface area (Å²) in [6.45, 7) is 7.57. The van der Waals surface area contributed by atoms with Crippen LogP contribution in [0, 0.1) is 11.8 Å². The highest BCUT2D eigenvalue weighted by Gasteiger charge is 2.46. The van der Waals surface area contributed by atoms with E-state index in [1.54, 1.807) is 25.7 Å². The molecule has 2 N–H and O–H groups in total.